The largest absolute Gasteiger partial charge is 0.460 e. The number of piperidine rings is 2. The summed E-state index contributed by atoms with van der Waals surface area (Å²) in [5.74, 6) is 0.409. The summed E-state index contributed by atoms with van der Waals surface area (Å²) in [5, 5.41) is 3.41. The molecule has 1 aromatic rings. The summed E-state index contributed by atoms with van der Waals surface area (Å²) >= 11 is 0. The van der Waals surface area contributed by atoms with E-state index in [2.05, 4.69) is 5.32 Å². The third kappa shape index (κ3) is 2.41. The van der Waals surface area contributed by atoms with E-state index in [0.717, 1.165) is 5.56 Å². The highest BCUT2D eigenvalue weighted by Gasteiger charge is 2.39. The fourth-order valence-electron chi connectivity index (χ4n) is 3.09. The topological polar surface area (TPSA) is 38.3 Å². The average molecular weight is 245 g/mol. The summed E-state index contributed by atoms with van der Waals surface area (Å²) in [4.78, 5) is 12.1. The van der Waals surface area contributed by atoms with Gasteiger partial charge in [0.15, 0.2) is 0 Å². The lowest BCUT2D eigenvalue weighted by Crippen LogP contribution is -2.56. The highest BCUT2D eigenvalue weighted by molar-refractivity contribution is 5.76. The van der Waals surface area contributed by atoms with Crippen LogP contribution < -0.4 is 5.32 Å². The van der Waals surface area contributed by atoms with Crippen molar-refractivity contribution in [1.82, 2.24) is 5.32 Å². The fraction of sp³-hybridized carbons (Fsp3) is 0.533. The van der Waals surface area contributed by atoms with Crippen LogP contribution in [0.25, 0.3) is 0 Å². The summed E-state index contributed by atoms with van der Waals surface area (Å²) < 4.78 is 5.42. The summed E-state index contributed by atoms with van der Waals surface area (Å²) in [6.45, 7) is 0.384. The van der Waals surface area contributed by atoms with Crippen molar-refractivity contribution >= 4 is 5.97 Å². The van der Waals surface area contributed by atoms with Crippen LogP contribution in [-0.4, -0.2) is 18.1 Å². The van der Waals surface area contributed by atoms with Gasteiger partial charge < -0.3 is 10.1 Å². The number of benzene rings is 1. The smallest absolute Gasteiger partial charge is 0.323 e. The molecule has 2 bridgehead atoms. The molecule has 0 radical (unpaired) electrons. The van der Waals surface area contributed by atoms with E-state index in [1.54, 1.807) is 0 Å². The average Bonchev–Trinajstić information content (AvgIpc) is 2.47. The molecule has 2 aliphatic heterocycles. The molecule has 3 fully saturated rings. The van der Waals surface area contributed by atoms with Crippen LogP contribution in [-0.2, 0) is 16.1 Å². The van der Waals surface area contributed by atoms with Crippen LogP contribution >= 0.6 is 0 Å². The predicted octanol–water partition coefficient (Wildman–Crippen LogP) is 2.26. The zero-order valence-corrected chi connectivity index (χ0v) is 10.5. The van der Waals surface area contributed by atoms with Gasteiger partial charge in [-0.25, -0.2) is 0 Å². The molecular weight excluding hydrogens is 226 g/mol. The molecule has 0 aromatic heterocycles. The van der Waals surface area contributed by atoms with E-state index in [-0.39, 0.29) is 12.0 Å². The summed E-state index contributed by atoms with van der Waals surface area (Å²) in [7, 11) is 0. The summed E-state index contributed by atoms with van der Waals surface area (Å²) in [6.07, 6.45) is 4.77. The van der Waals surface area contributed by atoms with E-state index in [1.165, 1.54) is 25.7 Å². The molecule has 2 heterocycles. The van der Waals surface area contributed by atoms with Crippen molar-refractivity contribution in [3.05, 3.63) is 35.9 Å². The zero-order valence-electron chi connectivity index (χ0n) is 10.5. The molecular formula is C15H19NO2. The van der Waals surface area contributed by atoms with Crippen molar-refractivity contribution in [2.75, 3.05) is 0 Å². The van der Waals surface area contributed by atoms with E-state index in [4.69, 9.17) is 4.74 Å². The number of ether oxygens (including phenoxy) is 1. The fourth-order valence-corrected chi connectivity index (χ4v) is 3.09. The van der Waals surface area contributed by atoms with E-state index in [0.29, 0.717) is 18.6 Å². The van der Waals surface area contributed by atoms with Gasteiger partial charge in [0.1, 0.15) is 12.6 Å². The van der Waals surface area contributed by atoms with Crippen LogP contribution in [0, 0.1) is 5.92 Å². The van der Waals surface area contributed by atoms with Crippen molar-refractivity contribution in [2.45, 2.75) is 44.4 Å². The minimum absolute atomic E-state index is 0.0683. The van der Waals surface area contributed by atoms with Crippen molar-refractivity contribution in [2.24, 2.45) is 5.92 Å². The first kappa shape index (κ1) is 11.7. The maximum absolute atomic E-state index is 12.1. The first-order chi connectivity index (χ1) is 8.83. The van der Waals surface area contributed by atoms with Crippen molar-refractivity contribution in [1.29, 1.82) is 0 Å². The SMILES string of the molecule is O=C(OCc1ccccc1)C1NC2CCC1CC2. The number of nitrogens with one attached hydrogen (secondary N) is 1. The van der Waals surface area contributed by atoms with Gasteiger partial charge in [-0.15, -0.1) is 0 Å². The Bertz CT molecular complexity index is 410. The molecule has 2 saturated heterocycles. The molecule has 3 nitrogen and oxygen atoms in total. The molecule has 1 N–H and O–H groups in total. The number of carbonyl (C=O) groups excluding carboxylic acids is 1. The third-order valence-corrected chi connectivity index (χ3v) is 4.14. The predicted molar refractivity (Wildman–Crippen MR) is 68.9 cm³/mol. The molecule has 1 saturated carbocycles. The maximum Gasteiger partial charge on any atom is 0.323 e. The third-order valence-electron chi connectivity index (χ3n) is 4.14. The second kappa shape index (κ2) is 5.11. The van der Waals surface area contributed by atoms with Crippen molar-refractivity contribution in [3.63, 3.8) is 0 Å². The van der Waals surface area contributed by atoms with Crippen LogP contribution in [0.2, 0.25) is 0 Å². The van der Waals surface area contributed by atoms with Gasteiger partial charge in [-0.2, -0.15) is 0 Å². The highest BCUT2D eigenvalue weighted by Crippen LogP contribution is 2.33. The standard InChI is InChI=1S/C15H19NO2/c17-15(18-10-11-4-2-1-3-5-11)14-12-6-8-13(16-14)9-7-12/h1-5,12-14,16H,6-10H2. The normalized spacial score (nSPS) is 30.1. The molecule has 1 aromatic carbocycles. The van der Waals surface area contributed by atoms with E-state index in [1.807, 2.05) is 30.3 Å². The molecule has 0 spiro atoms. The van der Waals surface area contributed by atoms with Crippen LogP contribution in [0.1, 0.15) is 31.2 Å². The Morgan fingerprint density at radius 2 is 1.89 bits per heavy atom. The van der Waals surface area contributed by atoms with Crippen LogP contribution in [0.15, 0.2) is 30.3 Å². The van der Waals surface area contributed by atoms with Crippen molar-refractivity contribution < 1.29 is 9.53 Å². The van der Waals surface area contributed by atoms with Gasteiger partial charge >= 0.3 is 5.97 Å². The molecule has 18 heavy (non-hydrogen) atoms. The number of carbonyl (C=O) groups is 1. The summed E-state index contributed by atoms with van der Waals surface area (Å²) in [5.41, 5.74) is 1.05. The van der Waals surface area contributed by atoms with E-state index < -0.39 is 0 Å². The molecule has 3 heteroatoms. The quantitative estimate of drug-likeness (QED) is 0.830. The Kier molecular flexibility index (Phi) is 3.33. The first-order valence-electron chi connectivity index (χ1n) is 6.79. The molecule has 4 rings (SSSR count). The van der Waals surface area contributed by atoms with E-state index >= 15 is 0 Å². The number of hydrogen-bond acceptors (Lipinski definition) is 3. The Hall–Kier alpha value is -1.35. The molecule has 0 amide bonds. The second-order valence-electron chi connectivity index (χ2n) is 5.35. The lowest BCUT2D eigenvalue weighted by molar-refractivity contribution is -0.151. The number of hydrogen-bond donors (Lipinski definition) is 1. The number of fused-ring (bicyclic) bond motifs is 3. The van der Waals surface area contributed by atoms with E-state index in [9.17, 15) is 4.79 Å². The van der Waals surface area contributed by atoms with Crippen LogP contribution in [0.4, 0.5) is 0 Å². The Balaban J connectivity index is 1.56. The van der Waals surface area contributed by atoms with Gasteiger partial charge in [0.25, 0.3) is 0 Å². The van der Waals surface area contributed by atoms with Gasteiger partial charge in [-0.1, -0.05) is 30.3 Å². The van der Waals surface area contributed by atoms with Gasteiger partial charge in [0.05, 0.1) is 0 Å². The molecule has 1 unspecified atom stereocenters. The van der Waals surface area contributed by atoms with Crippen LogP contribution in [0.3, 0.4) is 0 Å². The first-order valence-corrected chi connectivity index (χ1v) is 6.79. The minimum atomic E-state index is -0.0757. The Labute approximate surface area is 108 Å². The highest BCUT2D eigenvalue weighted by atomic mass is 16.5. The lowest BCUT2D eigenvalue weighted by atomic mass is 9.76. The maximum atomic E-state index is 12.1. The van der Waals surface area contributed by atoms with Gasteiger partial charge in [-0.3, -0.25) is 4.79 Å². The zero-order chi connectivity index (χ0) is 12.4. The minimum Gasteiger partial charge on any atom is -0.460 e. The number of rotatable bonds is 3. The number of esters is 1. The summed E-state index contributed by atoms with van der Waals surface area (Å²) in [6, 6.07) is 10.3. The molecule has 1 atom stereocenters. The monoisotopic (exact) mass is 245 g/mol. The Morgan fingerprint density at radius 3 is 2.50 bits per heavy atom. The molecule has 3 aliphatic rings. The molecule has 1 aliphatic carbocycles. The van der Waals surface area contributed by atoms with Gasteiger partial charge in [-0.05, 0) is 37.2 Å². The second-order valence-corrected chi connectivity index (χ2v) is 5.35. The van der Waals surface area contributed by atoms with Crippen molar-refractivity contribution in [3.8, 4) is 0 Å². The van der Waals surface area contributed by atoms with Crippen LogP contribution in [0.5, 0.6) is 0 Å². The molecule has 96 valence electrons. The van der Waals surface area contributed by atoms with Gasteiger partial charge in [0, 0.05) is 6.04 Å². The Morgan fingerprint density at radius 1 is 1.17 bits per heavy atom. The van der Waals surface area contributed by atoms with Gasteiger partial charge in [0.2, 0.25) is 0 Å². The lowest BCUT2D eigenvalue weighted by Gasteiger charge is -2.42.